The molecule has 0 fully saturated rings. The Morgan fingerprint density at radius 3 is 2.42 bits per heavy atom. The first-order valence-electron chi connectivity index (χ1n) is 6.18. The molecule has 0 N–H and O–H groups in total. The second kappa shape index (κ2) is 7.10. The highest BCUT2D eigenvalue weighted by Gasteiger charge is 2.07. The summed E-state index contributed by atoms with van der Waals surface area (Å²) >= 11 is 3.42. The van der Waals surface area contributed by atoms with Crippen LogP contribution in [0.5, 0.6) is 0 Å². The average Bonchev–Trinajstić information content (AvgIpc) is 2.43. The molecule has 0 aliphatic rings. The van der Waals surface area contributed by atoms with Gasteiger partial charge in [-0.15, -0.1) is 0 Å². The SMILES string of the molecule is O=C(Cc1ccccc1Br)OCCc1ccccc1. The lowest BCUT2D eigenvalue weighted by Gasteiger charge is -2.06. The third-order valence-electron chi connectivity index (χ3n) is 2.79. The molecule has 0 heterocycles. The summed E-state index contributed by atoms with van der Waals surface area (Å²) in [7, 11) is 0. The summed E-state index contributed by atoms with van der Waals surface area (Å²) in [6.07, 6.45) is 1.05. The van der Waals surface area contributed by atoms with Gasteiger partial charge in [-0.3, -0.25) is 4.79 Å². The normalized spacial score (nSPS) is 10.2. The number of ether oxygens (including phenoxy) is 1. The zero-order valence-corrected chi connectivity index (χ0v) is 12.1. The first-order valence-corrected chi connectivity index (χ1v) is 6.98. The van der Waals surface area contributed by atoms with Crippen LogP contribution in [0.4, 0.5) is 0 Å². The van der Waals surface area contributed by atoms with Gasteiger partial charge in [0.1, 0.15) is 0 Å². The van der Waals surface area contributed by atoms with Crippen molar-refractivity contribution in [2.45, 2.75) is 12.8 Å². The first-order chi connectivity index (χ1) is 9.25. The molecule has 0 aliphatic heterocycles. The minimum absolute atomic E-state index is 0.192. The summed E-state index contributed by atoms with van der Waals surface area (Å²) in [6.45, 7) is 0.424. The van der Waals surface area contributed by atoms with Gasteiger partial charge < -0.3 is 4.74 Å². The Morgan fingerprint density at radius 1 is 1.00 bits per heavy atom. The van der Waals surface area contributed by atoms with Gasteiger partial charge in [0.25, 0.3) is 0 Å². The van der Waals surface area contributed by atoms with Crippen LogP contribution in [0.3, 0.4) is 0 Å². The lowest BCUT2D eigenvalue weighted by atomic mass is 10.1. The molecule has 0 unspecified atom stereocenters. The molecule has 0 saturated carbocycles. The summed E-state index contributed by atoms with van der Waals surface area (Å²) < 4.78 is 6.18. The van der Waals surface area contributed by atoms with Crippen molar-refractivity contribution in [3.05, 3.63) is 70.2 Å². The molecule has 98 valence electrons. The molecule has 0 radical (unpaired) electrons. The Kier molecular flexibility index (Phi) is 5.16. The predicted molar refractivity (Wildman–Crippen MR) is 79.0 cm³/mol. The summed E-state index contributed by atoms with van der Waals surface area (Å²) in [5.41, 5.74) is 2.13. The van der Waals surface area contributed by atoms with Crippen molar-refractivity contribution in [3.63, 3.8) is 0 Å². The van der Waals surface area contributed by atoms with Gasteiger partial charge in [0.05, 0.1) is 13.0 Å². The summed E-state index contributed by atoms with van der Waals surface area (Å²) in [6, 6.07) is 17.7. The largest absolute Gasteiger partial charge is 0.465 e. The predicted octanol–water partition coefficient (Wildman–Crippen LogP) is 3.78. The molecule has 2 nitrogen and oxygen atoms in total. The van der Waals surface area contributed by atoms with Crippen LogP contribution in [0.2, 0.25) is 0 Å². The molecule has 2 aromatic carbocycles. The molecule has 0 aliphatic carbocycles. The Hall–Kier alpha value is -1.61. The van der Waals surface area contributed by atoms with E-state index in [1.165, 1.54) is 5.56 Å². The zero-order valence-electron chi connectivity index (χ0n) is 10.5. The van der Waals surface area contributed by atoms with E-state index in [-0.39, 0.29) is 5.97 Å². The number of halogens is 1. The van der Waals surface area contributed by atoms with E-state index in [1.807, 2.05) is 54.6 Å². The quantitative estimate of drug-likeness (QED) is 0.784. The van der Waals surface area contributed by atoms with Gasteiger partial charge in [0, 0.05) is 10.9 Å². The molecule has 3 heteroatoms. The lowest BCUT2D eigenvalue weighted by molar-refractivity contribution is -0.142. The van der Waals surface area contributed by atoms with Crippen LogP contribution in [0, 0.1) is 0 Å². The van der Waals surface area contributed by atoms with Crippen molar-refractivity contribution in [1.82, 2.24) is 0 Å². The monoisotopic (exact) mass is 318 g/mol. The van der Waals surface area contributed by atoms with Crippen molar-refractivity contribution in [2.24, 2.45) is 0 Å². The van der Waals surface area contributed by atoms with Gasteiger partial charge in [-0.05, 0) is 17.2 Å². The van der Waals surface area contributed by atoms with Gasteiger partial charge in [-0.1, -0.05) is 64.5 Å². The molecular formula is C16H15BrO2. The van der Waals surface area contributed by atoms with E-state index in [2.05, 4.69) is 15.9 Å². The molecule has 0 aromatic heterocycles. The van der Waals surface area contributed by atoms with E-state index in [4.69, 9.17) is 4.74 Å². The smallest absolute Gasteiger partial charge is 0.310 e. The number of benzene rings is 2. The van der Waals surface area contributed by atoms with Gasteiger partial charge >= 0.3 is 5.97 Å². The third kappa shape index (κ3) is 4.52. The molecule has 0 amide bonds. The van der Waals surface area contributed by atoms with Crippen molar-refractivity contribution in [2.75, 3.05) is 6.61 Å². The molecule has 0 atom stereocenters. The molecular weight excluding hydrogens is 304 g/mol. The molecule has 0 saturated heterocycles. The van der Waals surface area contributed by atoms with Crippen LogP contribution in [0.25, 0.3) is 0 Å². The summed E-state index contributed by atoms with van der Waals surface area (Å²) in [5.74, 6) is -0.192. The Labute approximate surface area is 121 Å². The second-order valence-electron chi connectivity index (χ2n) is 4.22. The van der Waals surface area contributed by atoms with Crippen LogP contribution >= 0.6 is 15.9 Å². The topological polar surface area (TPSA) is 26.3 Å². The van der Waals surface area contributed by atoms with E-state index >= 15 is 0 Å². The maximum atomic E-state index is 11.7. The molecule has 2 aromatic rings. The maximum absolute atomic E-state index is 11.7. The van der Waals surface area contributed by atoms with Crippen molar-refractivity contribution in [1.29, 1.82) is 0 Å². The molecule has 0 bridgehead atoms. The van der Waals surface area contributed by atoms with Crippen LogP contribution in [0.1, 0.15) is 11.1 Å². The standard InChI is InChI=1S/C16H15BrO2/c17-15-9-5-4-8-14(15)12-16(18)19-11-10-13-6-2-1-3-7-13/h1-9H,10-12H2. The van der Waals surface area contributed by atoms with Crippen LogP contribution in [0.15, 0.2) is 59.1 Å². The summed E-state index contributed by atoms with van der Waals surface area (Å²) in [5, 5.41) is 0. The van der Waals surface area contributed by atoms with Gasteiger partial charge in [-0.2, -0.15) is 0 Å². The highest BCUT2D eigenvalue weighted by molar-refractivity contribution is 9.10. The average molecular weight is 319 g/mol. The molecule has 19 heavy (non-hydrogen) atoms. The second-order valence-corrected chi connectivity index (χ2v) is 5.08. The van der Waals surface area contributed by atoms with E-state index in [1.54, 1.807) is 0 Å². The van der Waals surface area contributed by atoms with E-state index in [0.717, 1.165) is 16.5 Å². The number of hydrogen-bond acceptors (Lipinski definition) is 2. The van der Waals surface area contributed by atoms with E-state index < -0.39 is 0 Å². The van der Waals surface area contributed by atoms with Gasteiger partial charge in [0.15, 0.2) is 0 Å². The number of hydrogen-bond donors (Lipinski definition) is 0. The fourth-order valence-corrected chi connectivity index (χ4v) is 2.20. The highest BCUT2D eigenvalue weighted by Crippen LogP contribution is 2.16. The number of carbonyl (C=O) groups is 1. The fraction of sp³-hybridized carbons (Fsp3) is 0.188. The molecule has 2 rings (SSSR count). The minimum Gasteiger partial charge on any atom is -0.465 e. The van der Waals surface area contributed by atoms with Gasteiger partial charge in [-0.25, -0.2) is 0 Å². The summed E-state index contributed by atoms with van der Waals surface area (Å²) in [4.78, 5) is 11.7. The van der Waals surface area contributed by atoms with E-state index in [9.17, 15) is 4.79 Å². The van der Waals surface area contributed by atoms with Crippen molar-refractivity contribution in [3.8, 4) is 0 Å². The Balaban J connectivity index is 1.78. The lowest BCUT2D eigenvalue weighted by Crippen LogP contribution is -2.10. The molecule has 0 spiro atoms. The van der Waals surface area contributed by atoms with Crippen molar-refractivity contribution >= 4 is 21.9 Å². The Morgan fingerprint density at radius 2 is 1.68 bits per heavy atom. The van der Waals surface area contributed by atoms with Crippen LogP contribution in [-0.4, -0.2) is 12.6 Å². The zero-order chi connectivity index (χ0) is 13.5. The van der Waals surface area contributed by atoms with Gasteiger partial charge in [0.2, 0.25) is 0 Å². The minimum atomic E-state index is -0.192. The van der Waals surface area contributed by atoms with Crippen molar-refractivity contribution < 1.29 is 9.53 Å². The first kappa shape index (κ1) is 13.8. The fourth-order valence-electron chi connectivity index (χ4n) is 1.78. The van der Waals surface area contributed by atoms with Crippen LogP contribution < -0.4 is 0 Å². The number of rotatable bonds is 5. The number of carbonyl (C=O) groups excluding carboxylic acids is 1. The highest BCUT2D eigenvalue weighted by atomic mass is 79.9. The third-order valence-corrected chi connectivity index (χ3v) is 3.56. The Bertz CT molecular complexity index is 537. The van der Waals surface area contributed by atoms with E-state index in [0.29, 0.717) is 13.0 Å². The maximum Gasteiger partial charge on any atom is 0.310 e. The van der Waals surface area contributed by atoms with Crippen LogP contribution in [-0.2, 0) is 22.4 Å². The number of esters is 1.